The van der Waals surface area contributed by atoms with Gasteiger partial charge in [0, 0.05) is 24.7 Å². The van der Waals surface area contributed by atoms with Crippen LogP contribution in [0.1, 0.15) is 18.4 Å². The smallest absolute Gasteiger partial charge is 0.263 e. The fourth-order valence-corrected chi connectivity index (χ4v) is 5.26. The molecule has 2 aliphatic heterocycles. The van der Waals surface area contributed by atoms with E-state index in [-0.39, 0.29) is 41.6 Å². The molecule has 3 atom stereocenters. The zero-order valence-corrected chi connectivity index (χ0v) is 15.2. The quantitative estimate of drug-likeness (QED) is 0.767. The summed E-state index contributed by atoms with van der Waals surface area (Å²) in [5, 5.41) is 0. The monoisotopic (exact) mass is 384 g/mol. The molecule has 25 heavy (non-hydrogen) atoms. The number of benzene rings is 1. The minimum atomic E-state index is -3.56. The van der Waals surface area contributed by atoms with E-state index in [1.165, 1.54) is 6.07 Å². The molecular weight excluding hydrogens is 364 g/mol. The third-order valence-corrected chi connectivity index (χ3v) is 6.70. The van der Waals surface area contributed by atoms with Crippen LogP contribution in [0, 0.1) is 11.8 Å². The Morgan fingerprint density at radius 2 is 2.04 bits per heavy atom. The fourth-order valence-electron chi connectivity index (χ4n) is 4.01. The number of hydrogen-bond acceptors (Lipinski definition) is 5. The summed E-state index contributed by atoms with van der Waals surface area (Å²) < 4.78 is 26.5. The summed E-state index contributed by atoms with van der Waals surface area (Å²) in [4.78, 5) is 18.7. The number of amides is 1. The Kier molecular flexibility index (Phi) is 4.78. The zero-order valence-electron chi connectivity index (χ0n) is 13.6. The highest BCUT2D eigenvalue weighted by atomic mass is 35.5. The zero-order chi connectivity index (χ0) is 16.9. The lowest BCUT2D eigenvalue weighted by Gasteiger charge is -2.17. The molecule has 1 aliphatic carbocycles. The number of amidine groups is 1. The molecule has 0 spiro atoms. The Labute approximate surface area is 153 Å². The van der Waals surface area contributed by atoms with Crippen LogP contribution in [0.4, 0.5) is 0 Å². The second kappa shape index (κ2) is 6.59. The van der Waals surface area contributed by atoms with Crippen molar-refractivity contribution in [2.75, 3.05) is 19.6 Å². The minimum Gasteiger partial charge on any atom is -0.340 e. The van der Waals surface area contributed by atoms with Gasteiger partial charge in [0.1, 0.15) is 12.4 Å². The first-order chi connectivity index (χ1) is 11.5. The van der Waals surface area contributed by atoms with Crippen molar-refractivity contribution in [2.45, 2.75) is 23.8 Å². The summed E-state index contributed by atoms with van der Waals surface area (Å²) in [6, 6.07) is 6.83. The number of rotatable bonds is 2. The van der Waals surface area contributed by atoms with Gasteiger partial charge in [-0.15, -0.1) is 12.4 Å². The lowest BCUT2D eigenvalue weighted by molar-refractivity contribution is -0.128. The molecular formula is C16H21ClN4O3S. The maximum atomic E-state index is 12.4. The second-order valence-electron chi connectivity index (χ2n) is 6.73. The standard InChI is InChI=1S/C16H20N4O3S.ClH/c17-13-6-5-10-8-20(9-12(10)13)15(21)7-18-16-11-3-1-2-4-14(11)24(22,23)19-16;/h1-4,10,12-13H,5-9,17H2,(H,18,19);1H. The number of nitrogens with zero attached hydrogens (tertiary/aromatic N) is 2. The molecule has 1 aromatic rings. The van der Waals surface area contributed by atoms with Gasteiger partial charge in [0.15, 0.2) is 0 Å². The number of fused-ring (bicyclic) bond motifs is 2. The highest BCUT2D eigenvalue weighted by Crippen LogP contribution is 2.37. The Morgan fingerprint density at radius 3 is 2.80 bits per heavy atom. The van der Waals surface area contributed by atoms with Crippen molar-refractivity contribution in [3.05, 3.63) is 29.8 Å². The SMILES string of the molecule is Cl.NC1CCC2CN(C(=O)CN=C3NS(=O)(=O)c4ccccc43)CC12. The Morgan fingerprint density at radius 1 is 1.28 bits per heavy atom. The molecule has 3 aliphatic rings. The first-order valence-electron chi connectivity index (χ1n) is 8.16. The number of aliphatic imine (C=N–C) groups is 1. The normalized spacial score (nSPS) is 30.5. The van der Waals surface area contributed by atoms with E-state index in [4.69, 9.17) is 5.73 Å². The molecule has 1 saturated heterocycles. The van der Waals surface area contributed by atoms with Crippen molar-refractivity contribution in [1.82, 2.24) is 9.62 Å². The molecule has 0 bridgehead atoms. The number of nitrogens with two attached hydrogens (primary N) is 1. The molecule has 1 saturated carbocycles. The van der Waals surface area contributed by atoms with E-state index in [1.807, 2.05) is 4.90 Å². The van der Waals surface area contributed by atoms with E-state index in [0.717, 1.165) is 19.4 Å². The maximum absolute atomic E-state index is 12.4. The Hall–Kier alpha value is -1.64. The summed E-state index contributed by atoms with van der Waals surface area (Å²) >= 11 is 0. The first kappa shape index (κ1) is 18.2. The maximum Gasteiger partial charge on any atom is 0.263 e. The predicted molar refractivity (Wildman–Crippen MR) is 96.2 cm³/mol. The number of sulfonamides is 1. The van der Waals surface area contributed by atoms with Gasteiger partial charge in [-0.3, -0.25) is 14.5 Å². The van der Waals surface area contributed by atoms with Crippen molar-refractivity contribution in [3.8, 4) is 0 Å². The number of carbonyl (C=O) groups is 1. The van der Waals surface area contributed by atoms with Gasteiger partial charge in [-0.05, 0) is 36.8 Å². The third-order valence-electron chi connectivity index (χ3n) is 5.30. The van der Waals surface area contributed by atoms with Crippen molar-refractivity contribution in [2.24, 2.45) is 22.6 Å². The summed E-state index contributed by atoms with van der Waals surface area (Å²) in [6.07, 6.45) is 2.12. The molecule has 1 amide bonds. The van der Waals surface area contributed by atoms with Crippen LogP contribution >= 0.6 is 12.4 Å². The highest BCUT2D eigenvalue weighted by molar-refractivity contribution is 7.90. The number of likely N-dealkylation sites (tertiary alicyclic amines) is 1. The highest BCUT2D eigenvalue weighted by Gasteiger charge is 2.42. The van der Waals surface area contributed by atoms with Gasteiger partial charge in [-0.1, -0.05) is 12.1 Å². The lowest BCUT2D eigenvalue weighted by Crippen LogP contribution is -2.35. The van der Waals surface area contributed by atoms with Gasteiger partial charge in [0.2, 0.25) is 5.91 Å². The molecule has 7 nitrogen and oxygen atoms in total. The van der Waals surface area contributed by atoms with Crippen LogP contribution in [0.25, 0.3) is 0 Å². The number of halogens is 1. The summed E-state index contributed by atoms with van der Waals surface area (Å²) in [5.41, 5.74) is 6.62. The number of nitrogens with one attached hydrogen (secondary N) is 1. The van der Waals surface area contributed by atoms with Crippen LogP contribution in [-0.4, -0.2) is 50.7 Å². The second-order valence-corrected chi connectivity index (χ2v) is 8.38. The van der Waals surface area contributed by atoms with Crippen molar-refractivity contribution in [3.63, 3.8) is 0 Å². The minimum absolute atomic E-state index is 0. The average molecular weight is 385 g/mol. The molecule has 2 fully saturated rings. The van der Waals surface area contributed by atoms with Gasteiger partial charge in [-0.25, -0.2) is 8.42 Å². The van der Waals surface area contributed by atoms with E-state index >= 15 is 0 Å². The molecule has 1 aromatic carbocycles. The van der Waals surface area contributed by atoms with Gasteiger partial charge in [0.05, 0.1) is 4.90 Å². The third kappa shape index (κ3) is 3.14. The summed E-state index contributed by atoms with van der Waals surface area (Å²) in [6.45, 7) is 1.38. The summed E-state index contributed by atoms with van der Waals surface area (Å²) in [7, 11) is -3.56. The van der Waals surface area contributed by atoms with Crippen molar-refractivity contribution >= 4 is 34.2 Å². The number of hydrogen-bond donors (Lipinski definition) is 2. The Bertz CT molecular complexity index is 826. The average Bonchev–Trinajstić information content (AvgIpc) is 3.20. The number of carbonyl (C=O) groups excluding carboxylic acids is 1. The van der Waals surface area contributed by atoms with Crippen molar-refractivity contribution in [1.29, 1.82) is 0 Å². The molecule has 9 heteroatoms. The van der Waals surface area contributed by atoms with E-state index in [1.54, 1.807) is 18.2 Å². The van der Waals surface area contributed by atoms with Gasteiger partial charge in [-0.2, -0.15) is 0 Å². The van der Waals surface area contributed by atoms with Crippen LogP contribution < -0.4 is 10.5 Å². The molecule has 0 radical (unpaired) electrons. The van der Waals surface area contributed by atoms with E-state index in [0.29, 0.717) is 23.9 Å². The first-order valence-corrected chi connectivity index (χ1v) is 9.64. The molecule has 2 heterocycles. The van der Waals surface area contributed by atoms with Crippen LogP contribution in [0.5, 0.6) is 0 Å². The largest absolute Gasteiger partial charge is 0.340 e. The van der Waals surface area contributed by atoms with Gasteiger partial charge >= 0.3 is 0 Å². The van der Waals surface area contributed by atoms with Gasteiger partial charge < -0.3 is 10.6 Å². The topological polar surface area (TPSA) is 105 Å². The van der Waals surface area contributed by atoms with Crippen LogP contribution in [-0.2, 0) is 14.8 Å². The van der Waals surface area contributed by atoms with Gasteiger partial charge in [0.25, 0.3) is 10.0 Å². The molecule has 136 valence electrons. The van der Waals surface area contributed by atoms with Crippen LogP contribution in [0.15, 0.2) is 34.2 Å². The summed E-state index contributed by atoms with van der Waals surface area (Å²) in [5.74, 6) is 1.07. The van der Waals surface area contributed by atoms with Crippen LogP contribution in [0.3, 0.4) is 0 Å². The molecule has 4 rings (SSSR count). The molecule has 3 N–H and O–H groups in total. The molecule has 0 aromatic heterocycles. The van der Waals surface area contributed by atoms with Crippen LogP contribution in [0.2, 0.25) is 0 Å². The molecule has 3 unspecified atom stereocenters. The van der Waals surface area contributed by atoms with E-state index in [2.05, 4.69) is 9.71 Å². The lowest BCUT2D eigenvalue weighted by atomic mass is 9.98. The fraction of sp³-hybridized carbons (Fsp3) is 0.500. The van der Waals surface area contributed by atoms with E-state index < -0.39 is 10.0 Å². The van der Waals surface area contributed by atoms with Crippen molar-refractivity contribution < 1.29 is 13.2 Å². The Balaban J connectivity index is 0.00000182. The van der Waals surface area contributed by atoms with E-state index in [9.17, 15) is 13.2 Å². The predicted octanol–water partition coefficient (Wildman–Crippen LogP) is 0.343.